The maximum Gasteiger partial charge on any atom is 0.250 e. The van der Waals surface area contributed by atoms with Crippen LogP contribution in [-0.2, 0) is 7.05 Å². The average molecular weight is 319 g/mol. The van der Waals surface area contributed by atoms with Crippen molar-refractivity contribution in [2.24, 2.45) is 7.05 Å². The Morgan fingerprint density at radius 3 is 2.46 bits per heavy atom. The van der Waals surface area contributed by atoms with E-state index in [-0.39, 0.29) is 5.56 Å². The van der Waals surface area contributed by atoms with Gasteiger partial charge in [-0.2, -0.15) is 10.2 Å². The summed E-state index contributed by atoms with van der Waals surface area (Å²) in [5, 5.41) is 9.97. The second kappa shape index (κ2) is 5.19. The molecule has 4 rings (SSSR count). The van der Waals surface area contributed by atoms with Gasteiger partial charge in [-0.15, -0.1) is 0 Å². The first-order chi connectivity index (χ1) is 11.5. The summed E-state index contributed by atoms with van der Waals surface area (Å²) in [7, 11) is 1.88. The van der Waals surface area contributed by atoms with E-state index in [9.17, 15) is 4.79 Å². The van der Waals surface area contributed by atoms with Crippen LogP contribution in [0.25, 0.3) is 28.0 Å². The molecule has 1 N–H and O–H groups in total. The molecule has 0 unspecified atom stereocenters. The van der Waals surface area contributed by atoms with Crippen molar-refractivity contribution in [3.63, 3.8) is 0 Å². The first-order valence-corrected chi connectivity index (χ1v) is 7.73. The number of nitrogens with zero attached hydrogens (tertiary/aromatic N) is 4. The van der Waals surface area contributed by atoms with Crippen molar-refractivity contribution in [3.05, 3.63) is 64.2 Å². The molecule has 1 aromatic carbocycles. The van der Waals surface area contributed by atoms with E-state index >= 15 is 0 Å². The quantitative estimate of drug-likeness (QED) is 0.617. The van der Waals surface area contributed by atoms with Crippen LogP contribution in [0.15, 0.2) is 47.3 Å². The van der Waals surface area contributed by atoms with Gasteiger partial charge >= 0.3 is 0 Å². The van der Waals surface area contributed by atoms with Gasteiger partial charge in [0.25, 0.3) is 0 Å². The summed E-state index contributed by atoms with van der Waals surface area (Å²) >= 11 is 0. The largest absolute Gasteiger partial charge is 0.306 e. The predicted molar refractivity (Wildman–Crippen MR) is 93.4 cm³/mol. The molecule has 0 bridgehead atoms. The third-order valence-electron chi connectivity index (χ3n) is 4.13. The zero-order valence-electron chi connectivity index (χ0n) is 13.7. The Hall–Kier alpha value is -3.15. The molecule has 0 amide bonds. The van der Waals surface area contributed by atoms with Crippen molar-refractivity contribution < 1.29 is 0 Å². The summed E-state index contributed by atoms with van der Waals surface area (Å²) < 4.78 is 3.57. The summed E-state index contributed by atoms with van der Waals surface area (Å²) in [6.45, 7) is 3.89. The van der Waals surface area contributed by atoms with Crippen LogP contribution in [0.1, 0.15) is 11.4 Å². The van der Waals surface area contributed by atoms with Crippen LogP contribution in [0, 0.1) is 13.8 Å². The Bertz CT molecular complexity index is 1100. The minimum Gasteiger partial charge on any atom is -0.306 e. The van der Waals surface area contributed by atoms with Crippen molar-refractivity contribution in [1.82, 2.24) is 24.5 Å². The van der Waals surface area contributed by atoms with Crippen molar-refractivity contribution >= 4 is 11.0 Å². The van der Waals surface area contributed by atoms with Crippen molar-refractivity contribution in [2.45, 2.75) is 13.8 Å². The number of benzene rings is 1. The minimum absolute atomic E-state index is 0.159. The molecule has 0 aliphatic rings. The van der Waals surface area contributed by atoms with E-state index < -0.39 is 0 Å². The van der Waals surface area contributed by atoms with Crippen LogP contribution in [0.4, 0.5) is 0 Å². The zero-order valence-corrected chi connectivity index (χ0v) is 13.7. The maximum atomic E-state index is 12.3. The summed E-state index contributed by atoms with van der Waals surface area (Å²) in [6, 6.07) is 13.4. The van der Waals surface area contributed by atoms with Crippen LogP contribution in [0.2, 0.25) is 0 Å². The molecule has 4 aromatic rings. The van der Waals surface area contributed by atoms with Crippen LogP contribution in [0.3, 0.4) is 0 Å². The summed E-state index contributed by atoms with van der Waals surface area (Å²) in [6.07, 6.45) is 0. The summed E-state index contributed by atoms with van der Waals surface area (Å²) in [4.78, 5) is 15.2. The number of pyridine rings is 1. The Kier molecular flexibility index (Phi) is 3.13. The SMILES string of the molecule is Cc1cc(-c2cc(=O)[nH]c3c2c(C)nn3-c2ccccc2)n(C)n1. The second-order valence-electron chi connectivity index (χ2n) is 5.90. The van der Waals surface area contributed by atoms with Gasteiger partial charge in [0.2, 0.25) is 5.56 Å². The molecule has 24 heavy (non-hydrogen) atoms. The van der Waals surface area contributed by atoms with Gasteiger partial charge in [-0.05, 0) is 32.0 Å². The molecular weight excluding hydrogens is 302 g/mol. The Labute approximate surface area is 138 Å². The molecule has 0 spiro atoms. The molecule has 120 valence electrons. The molecule has 0 atom stereocenters. The molecule has 0 aliphatic carbocycles. The highest BCUT2D eigenvalue weighted by Crippen LogP contribution is 2.30. The molecule has 3 heterocycles. The third kappa shape index (κ3) is 2.15. The first-order valence-electron chi connectivity index (χ1n) is 7.73. The standard InChI is InChI=1S/C18H17N5O/c1-11-9-15(22(3)20-11)14-10-16(24)19-18-17(14)12(2)21-23(18)13-7-5-4-6-8-13/h4-10H,1-3H3,(H,19,24). The Morgan fingerprint density at radius 2 is 1.79 bits per heavy atom. The number of rotatable bonds is 2. The molecule has 0 fully saturated rings. The Morgan fingerprint density at radius 1 is 1.04 bits per heavy atom. The van der Waals surface area contributed by atoms with E-state index in [0.717, 1.165) is 33.7 Å². The van der Waals surface area contributed by atoms with Crippen molar-refractivity contribution in [3.8, 4) is 16.9 Å². The van der Waals surface area contributed by atoms with E-state index in [1.165, 1.54) is 0 Å². The Balaban J connectivity index is 2.09. The van der Waals surface area contributed by atoms with Crippen LogP contribution in [0.5, 0.6) is 0 Å². The number of para-hydroxylation sites is 1. The van der Waals surface area contributed by atoms with Gasteiger partial charge in [0, 0.05) is 24.1 Å². The van der Waals surface area contributed by atoms with E-state index in [1.807, 2.05) is 57.3 Å². The highest BCUT2D eigenvalue weighted by Gasteiger charge is 2.17. The molecular formula is C18H17N5O. The molecule has 0 radical (unpaired) electrons. The smallest absolute Gasteiger partial charge is 0.250 e. The number of hydrogen-bond donors (Lipinski definition) is 1. The number of fused-ring (bicyclic) bond motifs is 1. The van der Waals surface area contributed by atoms with Gasteiger partial charge < -0.3 is 4.98 Å². The lowest BCUT2D eigenvalue weighted by atomic mass is 10.1. The molecule has 3 aromatic heterocycles. The molecule has 6 heteroatoms. The fraction of sp³-hybridized carbons (Fsp3) is 0.167. The first kappa shape index (κ1) is 14.4. The van der Waals surface area contributed by atoms with Gasteiger partial charge in [0.05, 0.1) is 22.8 Å². The van der Waals surface area contributed by atoms with Gasteiger partial charge in [0.15, 0.2) is 0 Å². The number of H-pyrrole nitrogens is 1. The number of nitrogens with one attached hydrogen (secondary N) is 1. The lowest BCUT2D eigenvalue weighted by molar-refractivity contribution is 0.764. The monoisotopic (exact) mass is 319 g/mol. The zero-order chi connectivity index (χ0) is 16.8. The molecule has 0 aliphatic heterocycles. The van der Waals surface area contributed by atoms with E-state index in [2.05, 4.69) is 15.2 Å². The van der Waals surface area contributed by atoms with Gasteiger partial charge in [-0.25, -0.2) is 4.68 Å². The summed E-state index contributed by atoms with van der Waals surface area (Å²) in [5.74, 6) is 0. The fourth-order valence-corrected chi connectivity index (χ4v) is 3.14. The predicted octanol–water partition coefficient (Wildman–Crippen LogP) is 2.73. The van der Waals surface area contributed by atoms with E-state index in [4.69, 9.17) is 0 Å². The van der Waals surface area contributed by atoms with Gasteiger partial charge in [0.1, 0.15) is 5.65 Å². The minimum atomic E-state index is -0.159. The van der Waals surface area contributed by atoms with Crippen molar-refractivity contribution in [1.29, 1.82) is 0 Å². The molecule has 6 nitrogen and oxygen atoms in total. The number of hydrogen-bond acceptors (Lipinski definition) is 3. The summed E-state index contributed by atoms with van der Waals surface area (Å²) in [5.41, 5.74) is 4.96. The normalized spacial score (nSPS) is 11.3. The van der Waals surface area contributed by atoms with Crippen molar-refractivity contribution in [2.75, 3.05) is 0 Å². The fourth-order valence-electron chi connectivity index (χ4n) is 3.14. The number of aromatic nitrogens is 5. The van der Waals surface area contributed by atoms with E-state index in [0.29, 0.717) is 5.65 Å². The highest BCUT2D eigenvalue weighted by atomic mass is 16.1. The lowest BCUT2D eigenvalue weighted by Gasteiger charge is -2.06. The molecule has 0 saturated carbocycles. The van der Waals surface area contributed by atoms with E-state index in [1.54, 1.807) is 15.4 Å². The van der Waals surface area contributed by atoms with Gasteiger partial charge in [-0.1, -0.05) is 18.2 Å². The molecule has 0 saturated heterocycles. The third-order valence-corrected chi connectivity index (χ3v) is 4.13. The number of aryl methyl sites for hydroxylation is 3. The lowest BCUT2D eigenvalue weighted by Crippen LogP contribution is -2.08. The van der Waals surface area contributed by atoms with Crippen LogP contribution >= 0.6 is 0 Å². The van der Waals surface area contributed by atoms with Crippen LogP contribution in [-0.4, -0.2) is 24.5 Å². The topological polar surface area (TPSA) is 68.5 Å². The van der Waals surface area contributed by atoms with Crippen LogP contribution < -0.4 is 5.56 Å². The highest BCUT2D eigenvalue weighted by molar-refractivity contribution is 5.94. The number of aromatic amines is 1. The maximum absolute atomic E-state index is 12.3. The average Bonchev–Trinajstić information content (AvgIpc) is 3.07. The van der Waals surface area contributed by atoms with Gasteiger partial charge in [-0.3, -0.25) is 9.48 Å². The second-order valence-corrected chi connectivity index (χ2v) is 5.90.